The van der Waals surface area contributed by atoms with Crippen molar-refractivity contribution in [1.82, 2.24) is 0 Å². The predicted molar refractivity (Wildman–Crippen MR) is 42.3 cm³/mol. The van der Waals surface area contributed by atoms with Crippen molar-refractivity contribution in [2.24, 2.45) is 11.7 Å². The van der Waals surface area contributed by atoms with Crippen LogP contribution in [-0.4, -0.2) is 6.04 Å². The highest BCUT2D eigenvalue weighted by Crippen LogP contribution is 2.09. The van der Waals surface area contributed by atoms with Crippen molar-refractivity contribution in [3.63, 3.8) is 0 Å². The van der Waals surface area contributed by atoms with E-state index in [0.29, 0.717) is 6.04 Å². The molecule has 2 N–H and O–H groups in total. The Labute approximate surface area is 58.6 Å². The monoisotopic (exact) mass is 129 g/mol. The molecule has 0 aliphatic rings. The summed E-state index contributed by atoms with van der Waals surface area (Å²) in [4.78, 5) is 0. The molecular formula is C8H19N. The zero-order chi connectivity index (χ0) is 7.28. The van der Waals surface area contributed by atoms with Gasteiger partial charge in [0.25, 0.3) is 0 Å². The van der Waals surface area contributed by atoms with Gasteiger partial charge in [0, 0.05) is 6.04 Å². The topological polar surface area (TPSA) is 26.0 Å². The molecule has 0 aromatic heterocycles. The van der Waals surface area contributed by atoms with Crippen molar-refractivity contribution in [2.45, 2.75) is 46.1 Å². The average Bonchev–Trinajstić information content (AvgIpc) is 1.87. The lowest BCUT2D eigenvalue weighted by Crippen LogP contribution is -2.21. The summed E-state index contributed by atoms with van der Waals surface area (Å²) in [5, 5.41) is 0. The molecule has 0 heterocycles. The minimum absolute atomic E-state index is 0.431. The molecule has 1 heteroatoms. The van der Waals surface area contributed by atoms with Crippen molar-refractivity contribution >= 4 is 0 Å². The van der Waals surface area contributed by atoms with Gasteiger partial charge in [0.2, 0.25) is 0 Å². The SMILES string of the molecule is CCC(N)C[C@H](C)CC. The molecule has 1 nitrogen and oxygen atoms in total. The first-order valence-electron chi connectivity index (χ1n) is 3.96. The van der Waals surface area contributed by atoms with Gasteiger partial charge in [-0.15, -0.1) is 0 Å². The van der Waals surface area contributed by atoms with Crippen LogP contribution in [0.25, 0.3) is 0 Å². The quantitative estimate of drug-likeness (QED) is 0.618. The highest BCUT2D eigenvalue weighted by Gasteiger charge is 2.03. The Hall–Kier alpha value is -0.0400. The van der Waals surface area contributed by atoms with E-state index in [2.05, 4.69) is 20.8 Å². The molecule has 0 aliphatic heterocycles. The van der Waals surface area contributed by atoms with E-state index in [1.54, 1.807) is 0 Å². The zero-order valence-electron chi connectivity index (χ0n) is 6.85. The number of hydrogen-bond donors (Lipinski definition) is 1. The number of hydrogen-bond acceptors (Lipinski definition) is 1. The first-order chi connectivity index (χ1) is 4.20. The molecule has 0 bridgehead atoms. The summed E-state index contributed by atoms with van der Waals surface area (Å²) in [6.07, 6.45) is 3.56. The normalized spacial score (nSPS) is 17.3. The number of rotatable bonds is 4. The average molecular weight is 129 g/mol. The van der Waals surface area contributed by atoms with Gasteiger partial charge in [-0.2, -0.15) is 0 Å². The molecule has 0 aromatic rings. The Bertz CT molecular complexity index is 53.6. The summed E-state index contributed by atoms with van der Waals surface area (Å²) in [6.45, 7) is 6.62. The molecule has 0 spiro atoms. The molecule has 0 radical (unpaired) electrons. The highest BCUT2D eigenvalue weighted by molar-refractivity contribution is 4.61. The fourth-order valence-electron chi connectivity index (χ4n) is 0.850. The van der Waals surface area contributed by atoms with E-state index in [9.17, 15) is 0 Å². The molecule has 56 valence electrons. The van der Waals surface area contributed by atoms with Crippen LogP contribution in [0.4, 0.5) is 0 Å². The summed E-state index contributed by atoms with van der Waals surface area (Å²) in [6, 6.07) is 0.431. The Kier molecular flexibility index (Phi) is 4.78. The Morgan fingerprint density at radius 2 is 1.78 bits per heavy atom. The molecule has 9 heavy (non-hydrogen) atoms. The van der Waals surface area contributed by atoms with Gasteiger partial charge in [-0.25, -0.2) is 0 Å². The fraction of sp³-hybridized carbons (Fsp3) is 1.00. The minimum Gasteiger partial charge on any atom is -0.328 e. The van der Waals surface area contributed by atoms with Crippen molar-refractivity contribution < 1.29 is 0 Å². The van der Waals surface area contributed by atoms with Gasteiger partial charge < -0.3 is 5.73 Å². The van der Waals surface area contributed by atoms with E-state index in [1.165, 1.54) is 12.8 Å². The summed E-state index contributed by atoms with van der Waals surface area (Å²) < 4.78 is 0. The van der Waals surface area contributed by atoms with Crippen LogP contribution < -0.4 is 5.73 Å². The van der Waals surface area contributed by atoms with Crippen LogP contribution in [0.1, 0.15) is 40.0 Å². The van der Waals surface area contributed by atoms with E-state index < -0.39 is 0 Å². The van der Waals surface area contributed by atoms with Crippen LogP contribution in [0, 0.1) is 5.92 Å². The molecule has 0 saturated carbocycles. The van der Waals surface area contributed by atoms with Crippen LogP contribution in [0.5, 0.6) is 0 Å². The van der Waals surface area contributed by atoms with Gasteiger partial charge >= 0.3 is 0 Å². The molecular weight excluding hydrogens is 110 g/mol. The molecule has 0 amide bonds. The molecule has 0 rings (SSSR count). The lowest BCUT2D eigenvalue weighted by atomic mass is 9.99. The van der Waals surface area contributed by atoms with Crippen LogP contribution in [0.2, 0.25) is 0 Å². The highest BCUT2D eigenvalue weighted by atomic mass is 14.6. The van der Waals surface area contributed by atoms with Gasteiger partial charge in [-0.1, -0.05) is 27.2 Å². The Balaban J connectivity index is 3.22. The third-order valence-electron chi connectivity index (χ3n) is 1.93. The first kappa shape index (κ1) is 8.96. The predicted octanol–water partition coefficient (Wildman–Crippen LogP) is 2.16. The third-order valence-corrected chi connectivity index (χ3v) is 1.93. The van der Waals surface area contributed by atoms with Gasteiger partial charge in [0.15, 0.2) is 0 Å². The van der Waals surface area contributed by atoms with Gasteiger partial charge in [0.1, 0.15) is 0 Å². The smallest absolute Gasteiger partial charge is 0.00387 e. The Morgan fingerprint density at radius 3 is 2.11 bits per heavy atom. The standard InChI is InChI=1S/C8H19N/c1-4-7(3)6-8(9)5-2/h7-8H,4-6,9H2,1-3H3/t7-,8?/m1/s1. The van der Waals surface area contributed by atoms with Crippen LogP contribution in [0.15, 0.2) is 0 Å². The number of nitrogens with two attached hydrogens (primary N) is 1. The van der Waals surface area contributed by atoms with Crippen molar-refractivity contribution in [2.75, 3.05) is 0 Å². The van der Waals surface area contributed by atoms with Crippen LogP contribution in [0.3, 0.4) is 0 Å². The lowest BCUT2D eigenvalue weighted by molar-refractivity contribution is 0.445. The van der Waals surface area contributed by atoms with Crippen molar-refractivity contribution in [3.05, 3.63) is 0 Å². The van der Waals surface area contributed by atoms with Gasteiger partial charge in [-0.05, 0) is 18.8 Å². The van der Waals surface area contributed by atoms with Crippen molar-refractivity contribution in [1.29, 1.82) is 0 Å². The van der Waals surface area contributed by atoms with Crippen LogP contribution >= 0.6 is 0 Å². The van der Waals surface area contributed by atoms with E-state index in [-0.39, 0.29) is 0 Å². The van der Waals surface area contributed by atoms with Crippen LogP contribution in [-0.2, 0) is 0 Å². The maximum Gasteiger partial charge on any atom is 0.00387 e. The maximum absolute atomic E-state index is 5.75. The van der Waals surface area contributed by atoms with E-state index in [4.69, 9.17) is 5.73 Å². The second-order valence-corrected chi connectivity index (χ2v) is 2.92. The van der Waals surface area contributed by atoms with Gasteiger partial charge in [-0.3, -0.25) is 0 Å². The minimum atomic E-state index is 0.431. The largest absolute Gasteiger partial charge is 0.328 e. The van der Waals surface area contributed by atoms with Crippen molar-refractivity contribution in [3.8, 4) is 0 Å². The van der Waals surface area contributed by atoms with E-state index in [0.717, 1.165) is 12.3 Å². The zero-order valence-corrected chi connectivity index (χ0v) is 6.85. The molecule has 0 aromatic carbocycles. The molecule has 0 fully saturated rings. The van der Waals surface area contributed by atoms with E-state index >= 15 is 0 Å². The third kappa shape index (κ3) is 4.46. The maximum atomic E-state index is 5.75. The van der Waals surface area contributed by atoms with Gasteiger partial charge in [0.05, 0.1) is 0 Å². The molecule has 2 atom stereocenters. The molecule has 0 aliphatic carbocycles. The van der Waals surface area contributed by atoms with E-state index in [1.807, 2.05) is 0 Å². The molecule has 1 unspecified atom stereocenters. The first-order valence-corrected chi connectivity index (χ1v) is 3.96. The lowest BCUT2D eigenvalue weighted by Gasteiger charge is -2.12. The molecule has 0 saturated heterocycles. The summed E-state index contributed by atoms with van der Waals surface area (Å²) in [7, 11) is 0. The summed E-state index contributed by atoms with van der Waals surface area (Å²) in [5.41, 5.74) is 5.75. The second-order valence-electron chi connectivity index (χ2n) is 2.92. The summed E-state index contributed by atoms with van der Waals surface area (Å²) >= 11 is 0. The second kappa shape index (κ2) is 4.80. The fourth-order valence-corrected chi connectivity index (χ4v) is 0.850. The summed E-state index contributed by atoms with van der Waals surface area (Å²) in [5.74, 6) is 0.806. The Morgan fingerprint density at radius 1 is 1.22 bits per heavy atom.